The lowest BCUT2D eigenvalue weighted by atomic mass is 9.95. The number of hydrogen-bond donors (Lipinski definition) is 1. The van der Waals surface area contributed by atoms with Crippen LogP contribution in [0.1, 0.15) is 36.1 Å². The maximum absolute atomic E-state index is 10.7. The second kappa shape index (κ2) is 5.12. The number of nitrogens with zero attached hydrogens (tertiary/aromatic N) is 1. The van der Waals surface area contributed by atoms with Crippen LogP contribution in [-0.2, 0) is 11.3 Å². The molecule has 1 atom stereocenters. The summed E-state index contributed by atoms with van der Waals surface area (Å²) in [4.78, 5) is 13.0. The summed E-state index contributed by atoms with van der Waals surface area (Å²) in [6.45, 7) is 4.56. The molecule has 0 amide bonds. The van der Waals surface area contributed by atoms with Gasteiger partial charge in [0, 0.05) is 13.7 Å². The second-order valence-electron chi connectivity index (χ2n) is 5.04. The van der Waals surface area contributed by atoms with Gasteiger partial charge in [-0.05, 0) is 38.4 Å². The van der Waals surface area contributed by atoms with Crippen LogP contribution in [0.4, 0.5) is 0 Å². The van der Waals surface area contributed by atoms with E-state index >= 15 is 0 Å². The van der Waals surface area contributed by atoms with Gasteiger partial charge in [-0.15, -0.1) is 0 Å². The van der Waals surface area contributed by atoms with E-state index in [0.29, 0.717) is 12.3 Å². The molecule has 1 aromatic heterocycles. The van der Waals surface area contributed by atoms with Gasteiger partial charge in [-0.2, -0.15) is 0 Å². The average molecular weight is 253 g/mol. The van der Waals surface area contributed by atoms with Crippen LogP contribution in [-0.4, -0.2) is 41.8 Å². The van der Waals surface area contributed by atoms with Crippen molar-refractivity contribution in [1.29, 1.82) is 0 Å². The number of ether oxygens (including phenoxy) is 1. The van der Waals surface area contributed by atoms with Crippen molar-refractivity contribution in [3.63, 3.8) is 0 Å². The summed E-state index contributed by atoms with van der Waals surface area (Å²) in [5.41, 5.74) is -0.111. The number of rotatable bonds is 4. The van der Waals surface area contributed by atoms with Crippen molar-refractivity contribution in [2.24, 2.45) is 0 Å². The predicted octanol–water partition coefficient (Wildman–Crippen LogP) is 1.98. The fourth-order valence-corrected chi connectivity index (χ4v) is 2.41. The Balaban J connectivity index is 1.98. The lowest BCUT2D eigenvalue weighted by Crippen LogP contribution is -2.46. The third-order valence-electron chi connectivity index (χ3n) is 3.48. The van der Waals surface area contributed by atoms with Crippen LogP contribution in [0.2, 0.25) is 0 Å². The van der Waals surface area contributed by atoms with Crippen LogP contribution in [0.25, 0.3) is 0 Å². The van der Waals surface area contributed by atoms with Gasteiger partial charge in [-0.1, -0.05) is 0 Å². The second-order valence-corrected chi connectivity index (χ2v) is 5.04. The number of methoxy groups -OCH3 is 1. The highest BCUT2D eigenvalue weighted by atomic mass is 16.5. The van der Waals surface area contributed by atoms with Crippen molar-refractivity contribution >= 4 is 5.97 Å². The molecule has 100 valence electrons. The Kier molecular flexibility index (Phi) is 3.73. The van der Waals surface area contributed by atoms with E-state index in [2.05, 4.69) is 11.8 Å². The van der Waals surface area contributed by atoms with Gasteiger partial charge in [0.25, 0.3) is 0 Å². The monoisotopic (exact) mass is 253 g/mol. The minimum atomic E-state index is -1.03. The van der Waals surface area contributed by atoms with Gasteiger partial charge in [0.15, 0.2) is 0 Å². The van der Waals surface area contributed by atoms with Gasteiger partial charge < -0.3 is 14.3 Å². The van der Waals surface area contributed by atoms with E-state index in [1.165, 1.54) is 6.07 Å². The minimum absolute atomic E-state index is 0.00323. The molecule has 2 heterocycles. The molecule has 1 N–H and O–H groups in total. The summed E-state index contributed by atoms with van der Waals surface area (Å²) < 4.78 is 10.8. The third-order valence-corrected chi connectivity index (χ3v) is 3.48. The van der Waals surface area contributed by atoms with Crippen LogP contribution in [0.5, 0.6) is 0 Å². The van der Waals surface area contributed by atoms with Crippen molar-refractivity contribution in [3.8, 4) is 0 Å². The molecule has 1 aromatic rings. The molecule has 0 aromatic carbocycles. The molecule has 18 heavy (non-hydrogen) atoms. The molecule has 5 nitrogen and oxygen atoms in total. The maximum Gasteiger partial charge on any atom is 0.371 e. The van der Waals surface area contributed by atoms with Gasteiger partial charge in [-0.3, -0.25) is 4.90 Å². The van der Waals surface area contributed by atoms with Crippen molar-refractivity contribution in [3.05, 3.63) is 23.7 Å². The molecule has 1 aliphatic heterocycles. The first-order chi connectivity index (χ1) is 8.52. The number of furan rings is 1. The van der Waals surface area contributed by atoms with Gasteiger partial charge in [0.05, 0.1) is 12.1 Å². The molecule has 1 fully saturated rings. The fourth-order valence-electron chi connectivity index (χ4n) is 2.41. The molecule has 0 radical (unpaired) electrons. The Hall–Kier alpha value is -1.33. The lowest BCUT2D eigenvalue weighted by Gasteiger charge is -2.39. The molecule has 1 aliphatic rings. The Labute approximate surface area is 106 Å². The zero-order chi connectivity index (χ0) is 13.2. The molecule has 1 unspecified atom stereocenters. The standard InChI is InChI=1S/C13H19NO4/c1-13(17-2)6-3-7-14(9-13)8-10-4-5-11(18-10)12(15)16/h4-5H,3,6-9H2,1-2H3,(H,15,16). The predicted molar refractivity (Wildman–Crippen MR) is 65.6 cm³/mol. The summed E-state index contributed by atoms with van der Waals surface area (Å²) in [7, 11) is 1.74. The number of hydrogen-bond acceptors (Lipinski definition) is 4. The topological polar surface area (TPSA) is 62.9 Å². The summed E-state index contributed by atoms with van der Waals surface area (Å²) in [5.74, 6) is -0.342. The minimum Gasteiger partial charge on any atom is -0.475 e. The van der Waals surface area contributed by atoms with E-state index in [1.54, 1.807) is 13.2 Å². The van der Waals surface area contributed by atoms with E-state index in [4.69, 9.17) is 14.3 Å². The number of carbonyl (C=O) groups is 1. The first-order valence-electron chi connectivity index (χ1n) is 6.12. The van der Waals surface area contributed by atoms with Gasteiger partial charge in [0.1, 0.15) is 5.76 Å². The molecular weight excluding hydrogens is 234 g/mol. The maximum atomic E-state index is 10.7. The number of carboxylic acid groups (broad SMARTS) is 1. The molecule has 1 saturated heterocycles. The molecule has 0 aliphatic carbocycles. The molecular formula is C13H19NO4. The number of carboxylic acids is 1. The Bertz CT molecular complexity index is 428. The van der Waals surface area contributed by atoms with Crippen LogP contribution in [0, 0.1) is 0 Å². The van der Waals surface area contributed by atoms with Gasteiger partial charge >= 0.3 is 5.97 Å². The smallest absolute Gasteiger partial charge is 0.371 e. The summed E-state index contributed by atoms with van der Waals surface area (Å²) >= 11 is 0. The van der Waals surface area contributed by atoms with Crippen molar-refractivity contribution in [2.75, 3.05) is 20.2 Å². The molecule has 5 heteroatoms. The van der Waals surface area contributed by atoms with Crippen molar-refractivity contribution < 1.29 is 19.1 Å². The highest BCUT2D eigenvalue weighted by Gasteiger charge is 2.31. The number of piperidine rings is 1. The highest BCUT2D eigenvalue weighted by Crippen LogP contribution is 2.25. The van der Waals surface area contributed by atoms with Gasteiger partial charge in [-0.25, -0.2) is 4.79 Å². The molecule has 0 saturated carbocycles. The van der Waals surface area contributed by atoms with Gasteiger partial charge in [0.2, 0.25) is 5.76 Å². The summed E-state index contributed by atoms with van der Waals surface area (Å²) in [6.07, 6.45) is 2.13. The Morgan fingerprint density at radius 1 is 1.61 bits per heavy atom. The third kappa shape index (κ3) is 2.91. The Morgan fingerprint density at radius 2 is 2.39 bits per heavy atom. The average Bonchev–Trinajstić information content (AvgIpc) is 2.78. The van der Waals surface area contributed by atoms with E-state index in [0.717, 1.165) is 25.9 Å². The van der Waals surface area contributed by atoms with E-state index < -0.39 is 5.97 Å². The first-order valence-corrected chi connectivity index (χ1v) is 6.12. The van der Waals surface area contributed by atoms with Crippen LogP contribution in [0.3, 0.4) is 0 Å². The largest absolute Gasteiger partial charge is 0.475 e. The van der Waals surface area contributed by atoms with Crippen LogP contribution >= 0.6 is 0 Å². The quantitative estimate of drug-likeness (QED) is 0.889. The molecule has 0 bridgehead atoms. The van der Waals surface area contributed by atoms with Crippen LogP contribution < -0.4 is 0 Å². The fraction of sp³-hybridized carbons (Fsp3) is 0.615. The first kappa shape index (κ1) is 13.1. The number of likely N-dealkylation sites (tertiary alicyclic amines) is 1. The normalized spacial score (nSPS) is 25.2. The van der Waals surface area contributed by atoms with E-state index in [-0.39, 0.29) is 11.4 Å². The van der Waals surface area contributed by atoms with E-state index in [1.807, 2.05) is 0 Å². The highest BCUT2D eigenvalue weighted by molar-refractivity contribution is 5.84. The molecule has 0 spiro atoms. The SMILES string of the molecule is COC1(C)CCCN(Cc2ccc(C(=O)O)o2)C1. The molecule has 2 rings (SSSR count). The zero-order valence-corrected chi connectivity index (χ0v) is 10.8. The lowest BCUT2D eigenvalue weighted by molar-refractivity contribution is -0.0539. The van der Waals surface area contributed by atoms with Crippen molar-refractivity contribution in [1.82, 2.24) is 4.90 Å². The zero-order valence-electron chi connectivity index (χ0n) is 10.8. The Morgan fingerprint density at radius 3 is 3.00 bits per heavy atom. The number of aromatic carboxylic acids is 1. The summed E-state index contributed by atoms with van der Waals surface area (Å²) in [5, 5.41) is 8.80. The van der Waals surface area contributed by atoms with Crippen molar-refractivity contribution in [2.45, 2.75) is 31.9 Å². The van der Waals surface area contributed by atoms with E-state index in [9.17, 15) is 4.79 Å². The van der Waals surface area contributed by atoms with Crippen LogP contribution in [0.15, 0.2) is 16.5 Å². The summed E-state index contributed by atoms with van der Waals surface area (Å²) in [6, 6.07) is 3.22.